The number of aldehydes is 1. The average molecular weight is 212 g/mol. The average Bonchev–Trinajstić information content (AvgIpc) is 2.45. The number of thiophene rings is 1. The molecule has 1 heterocycles. The van der Waals surface area contributed by atoms with Gasteiger partial charge in [-0.15, -0.1) is 11.3 Å². The highest BCUT2D eigenvalue weighted by Gasteiger charge is 2.24. The molecule has 14 heavy (non-hydrogen) atoms. The molecule has 4 heteroatoms. The van der Waals surface area contributed by atoms with E-state index in [1.165, 1.54) is 0 Å². The van der Waals surface area contributed by atoms with Crippen LogP contribution in [0.2, 0.25) is 0 Å². The third-order valence-electron chi connectivity index (χ3n) is 1.95. The molecule has 1 aromatic heterocycles. The molecular formula is C10H12O3S. The Morgan fingerprint density at radius 2 is 2.07 bits per heavy atom. The van der Waals surface area contributed by atoms with Gasteiger partial charge in [-0.1, -0.05) is 20.8 Å². The lowest BCUT2D eigenvalue weighted by Gasteiger charge is -2.17. The fourth-order valence-corrected chi connectivity index (χ4v) is 2.33. The zero-order valence-electron chi connectivity index (χ0n) is 8.33. The molecule has 3 nitrogen and oxygen atoms in total. The van der Waals surface area contributed by atoms with Crippen LogP contribution in [-0.4, -0.2) is 17.4 Å². The maximum Gasteiger partial charge on any atom is 0.346 e. The van der Waals surface area contributed by atoms with Crippen molar-refractivity contribution in [3.8, 4) is 0 Å². The van der Waals surface area contributed by atoms with Crippen LogP contribution in [0.15, 0.2) is 5.38 Å². The van der Waals surface area contributed by atoms with Crippen molar-refractivity contribution < 1.29 is 14.7 Å². The van der Waals surface area contributed by atoms with Crippen LogP contribution in [0.1, 0.15) is 46.4 Å². The molecular weight excluding hydrogens is 200 g/mol. The lowest BCUT2D eigenvalue weighted by Crippen LogP contribution is -2.13. The van der Waals surface area contributed by atoms with Crippen LogP contribution in [-0.2, 0) is 5.41 Å². The smallest absolute Gasteiger partial charge is 0.346 e. The van der Waals surface area contributed by atoms with Crippen molar-refractivity contribution in [2.24, 2.45) is 0 Å². The van der Waals surface area contributed by atoms with E-state index in [0.29, 0.717) is 11.8 Å². The van der Waals surface area contributed by atoms with E-state index in [0.717, 1.165) is 16.9 Å². The minimum absolute atomic E-state index is 0.130. The molecule has 1 rings (SSSR count). The molecule has 1 N–H and O–H groups in total. The Balaban J connectivity index is 3.35. The Bertz CT molecular complexity index is 371. The second-order valence-corrected chi connectivity index (χ2v) is 4.94. The van der Waals surface area contributed by atoms with Gasteiger partial charge < -0.3 is 5.11 Å². The fraction of sp³-hybridized carbons (Fsp3) is 0.400. The summed E-state index contributed by atoms with van der Waals surface area (Å²) < 4.78 is 0. The van der Waals surface area contributed by atoms with Crippen LogP contribution in [0.25, 0.3) is 0 Å². The first-order valence-electron chi connectivity index (χ1n) is 4.18. The summed E-state index contributed by atoms with van der Waals surface area (Å²) >= 11 is 1.10. The largest absolute Gasteiger partial charge is 0.477 e. The SMILES string of the molecule is CC(C)(C)c1csc(C(=O)O)c1C=O. The topological polar surface area (TPSA) is 54.4 Å². The van der Waals surface area contributed by atoms with E-state index in [1.54, 1.807) is 5.38 Å². The van der Waals surface area contributed by atoms with Gasteiger partial charge in [0.25, 0.3) is 0 Å². The van der Waals surface area contributed by atoms with Crippen molar-refractivity contribution in [3.63, 3.8) is 0 Å². The van der Waals surface area contributed by atoms with Gasteiger partial charge in [0.15, 0.2) is 6.29 Å². The van der Waals surface area contributed by atoms with Crippen molar-refractivity contribution >= 4 is 23.6 Å². The van der Waals surface area contributed by atoms with E-state index in [9.17, 15) is 9.59 Å². The standard InChI is InChI=1S/C10H12O3S/c1-10(2,3)7-5-14-8(9(12)13)6(7)4-11/h4-5H,1-3H3,(H,12,13). The molecule has 0 amide bonds. The predicted molar refractivity (Wildman–Crippen MR) is 55.4 cm³/mol. The number of hydrogen-bond donors (Lipinski definition) is 1. The molecule has 0 aliphatic rings. The summed E-state index contributed by atoms with van der Waals surface area (Å²) in [4.78, 5) is 21.7. The molecule has 0 atom stereocenters. The number of carboxylic acids is 1. The Morgan fingerprint density at radius 3 is 2.43 bits per heavy atom. The molecule has 1 aromatic rings. The Labute approximate surface area is 86.4 Å². The van der Waals surface area contributed by atoms with Crippen LogP contribution in [0.4, 0.5) is 0 Å². The molecule has 0 saturated carbocycles. The minimum atomic E-state index is -1.03. The number of hydrogen-bond acceptors (Lipinski definition) is 3. The molecule has 0 bridgehead atoms. The van der Waals surface area contributed by atoms with Gasteiger partial charge in [-0.2, -0.15) is 0 Å². The number of rotatable bonds is 2. The van der Waals surface area contributed by atoms with Crippen molar-refractivity contribution in [1.82, 2.24) is 0 Å². The third kappa shape index (κ3) is 1.85. The zero-order chi connectivity index (χ0) is 10.9. The Kier molecular flexibility index (Phi) is 2.76. The lowest BCUT2D eigenvalue weighted by atomic mass is 9.86. The molecule has 0 spiro atoms. The first kappa shape index (κ1) is 10.9. The van der Waals surface area contributed by atoms with E-state index < -0.39 is 5.97 Å². The van der Waals surface area contributed by atoms with Crippen molar-refractivity contribution in [2.45, 2.75) is 26.2 Å². The monoisotopic (exact) mass is 212 g/mol. The molecule has 0 unspecified atom stereocenters. The number of carboxylic acid groups (broad SMARTS) is 1. The van der Waals surface area contributed by atoms with E-state index >= 15 is 0 Å². The Morgan fingerprint density at radius 1 is 1.50 bits per heavy atom. The van der Waals surface area contributed by atoms with Crippen LogP contribution in [0, 0.1) is 0 Å². The second kappa shape index (κ2) is 3.53. The quantitative estimate of drug-likeness (QED) is 0.766. The first-order valence-corrected chi connectivity index (χ1v) is 5.06. The molecule has 0 saturated heterocycles. The summed E-state index contributed by atoms with van der Waals surface area (Å²) in [6.07, 6.45) is 0.626. The molecule has 0 fully saturated rings. The number of aromatic carboxylic acids is 1. The van der Waals surface area contributed by atoms with Gasteiger partial charge in [-0.3, -0.25) is 4.79 Å². The highest BCUT2D eigenvalue weighted by molar-refractivity contribution is 7.12. The zero-order valence-corrected chi connectivity index (χ0v) is 9.14. The highest BCUT2D eigenvalue weighted by atomic mass is 32.1. The van der Waals surface area contributed by atoms with Crippen LogP contribution >= 0.6 is 11.3 Å². The van der Waals surface area contributed by atoms with Gasteiger partial charge in [0.1, 0.15) is 4.88 Å². The molecule has 0 radical (unpaired) electrons. The van der Waals surface area contributed by atoms with E-state index in [1.807, 2.05) is 20.8 Å². The van der Waals surface area contributed by atoms with E-state index in [2.05, 4.69) is 0 Å². The summed E-state index contributed by atoms with van der Waals surface area (Å²) in [7, 11) is 0. The van der Waals surface area contributed by atoms with E-state index in [4.69, 9.17) is 5.11 Å². The second-order valence-electron chi connectivity index (χ2n) is 4.07. The van der Waals surface area contributed by atoms with Crippen molar-refractivity contribution in [3.05, 3.63) is 21.4 Å². The van der Waals surface area contributed by atoms with Gasteiger partial charge in [0.2, 0.25) is 0 Å². The van der Waals surface area contributed by atoms with Crippen LogP contribution in [0.3, 0.4) is 0 Å². The summed E-state index contributed by atoms with van der Waals surface area (Å²) in [6.45, 7) is 5.86. The maximum absolute atomic E-state index is 10.8. The molecule has 76 valence electrons. The number of carbonyl (C=O) groups excluding carboxylic acids is 1. The summed E-state index contributed by atoms with van der Waals surface area (Å²) in [5, 5.41) is 10.6. The van der Waals surface area contributed by atoms with Gasteiger partial charge in [-0.25, -0.2) is 4.79 Å². The van der Waals surface area contributed by atoms with Gasteiger partial charge in [0.05, 0.1) is 0 Å². The molecule has 0 aliphatic carbocycles. The summed E-state index contributed by atoms with van der Waals surface area (Å²) in [5.41, 5.74) is 0.922. The van der Waals surface area contributed by atoms with Crippen molar-refractivity contribution in [2.75, 3.05) is 0 Å². The minimum Gasteiger partial charge on any atom is -0.477 e. The maximum atomic E-state index is 10.8. The van der Waals surface area contributed by atoms with Crippen LogP contribution < -0.4 is 0 Å². The fourth-order valence-electron chi connectivity index (χ4n) is 1.23. The first-order chi connectivity index (χ1) is 6.38. The molecule has 0 aliphatic heterocycles. The van der Waals surface area contributed by atoms with E-state index in [-0.39, 0.29) is 10.3 Å². The highest BCUT2D eigenvalue weighted by Crippen LogP contribution is 2.31. The van der Waals surface area contributed by atoms with Crippen molar-refractivity contribution in [1.29, 1.82) is 0 Å². The third-order valence-corrected chi connectivity index (χ3v) is 2.93. The normalized spacial score (nSPS) is 11.4. The molecule has 0 aromatic carbocycles. The van der Waals surface area contributed by atoms with Gasteiger partial charge in [0, 0.05) is 5.56 Å². The lowest BCUT2D eigenvalue weighted by molar-refractivity contribution is 0.0699. The Hall–Kier alpha value is -1.16. The number of carbonyl (C=O) groups is 2. The summed E-state index contributed by atoms with van der Waals surface area (Å²) in [5.74, 6) is -1.03. The van der Waals surface area contributed by atoms with Gasteiger partial charge in [-0.05, 0) is 16.4 Å². The summed E-state index contributed by atoms with van der Waals surface area (Å²) in [6, 6.07) is 0. The van der Waals surface area contributed by atoms with Crippen LogP contribution in [0.5, 0.6) is 0 Å². The van der Waals surface area contributed by atoms with Gasteiger partial charge >= 0.3 is 5.97 Å². The predicted octanol–water partition coefficient (Wildman–Crippen LogP) is 2.56.